The Bertz CT molecular complexity index is 2460. The molecule has 0 saturated carbocycles. The fourth-order valence-corrected chi connectivity index (χ4v) is 6.74. The molecule has 0 spiro atoms. The van der Waals surface area contributed by atoms with E-state index in [2.05, 4.69) is 126 Å². The first kappa shape index (κ1) is 23.1. The van der Waals surface area contributed by atoms with Crippen molar-refractivity contribution < 1.29 is 0 Å². The number of rotatable bonds is 2. The van der Waals surface area contributed by atoms with E-state index in [1.807, 2.05) is 18.5 Å². The first-order chi connectivity index (χ1) is 20.9. The Kier molecular flexibility index (Phi) is 4.90. The third kappa shape index (κ3) is 3.25. The molecule has 0 aliphatic rings. The van der Waals surface area contributed by atoms with Crippen LogP contribution in [0.5, 0.6) is 0 Å². The van der Waals surface area contributed by atoms with Gasteiger partial charge in [-0.3, -0.25) is 9.97 Å². The SMILES string of the molecule is c1ccc(-c2c3ccccc3c(-c3nc4cnc5c(ccc6cccnc65)c4c4ccccc34)c3ccccc23)cc1. The number of benzene rings is 6. The lowest BCUT2D eigenvalue weighted by atomic mass is 9.86. The topological polar surface area (TPSA) is 38.7 Å². The lowest BCUT2D eigenvalue weighted by molar-refractivity contribution is 1.36. The third-order valence-corrected chi connectivity index (χ3v) is 8.50. The average Bonchev–Trinajstić information content (AvgIpc) is 3.06. The van der Waals surface area contributed by atoms with E-state index < -0.39 is 0 Å². The summed E-state index contributed by atoms with van der Waals surface area (Å²) in [7, 11) is 0. The molecule has 3 aromatic heterocycles. The Hall–Kier alpha value is -5.67. The Morgan fingerprint density at radius 1 is 0.405 bits per heavy atom. The second kappa shape index (κ2) is 8.92. The summed E-state index contributed by atoms with van der Waals surface area (Å²) in [5.41, 5.74) is 7.30. The summed E-state index contributed by atoms with van der Waals surface area (Å²) in [5.74, 6) is 0. The molecule has 3 nitrogen and oxygen atoms in total. The fourth-order valence-electron chi connectivity index (χ4n) is 6.74. The van der Waals surface area contributed by atoms with Gasteiger partial charge in [0.2, 0.25) is 0 Å². The van der Waals surface area contributed by atoms with Gasteiger partial charge in [0, 0.05) is 33.3 Å². The van der Waals surface area contributed by atoms with Gasteiger partial charge in [0.05, 0.1) is 28.4 Å². The van der Waals surface area contributed by atoms with Crippen LogP contribution in [0.25, 0.3) is 87.4 Å². The lowest BCUT2D eigenvalue weighted by Gasteiger charge is -2.19. The highest BCUT2D eigenvalue weighted by Crippen LogP contribution is 2.46. The summed E-state index contributed by atoms with van der Waals surface area (Å²) in [4.78, 5) is 15.0. The molecule has 0 unspecified atom stereocenters. The molecular weight excluding hydrogens is 510 g/mol. The van der Waals surface area contributed by atoms with Gasteiger partial charge in [-0.2, -0.15) is 0 Å². The van der Waals surface area contributed by atoms with Gasteiger partial charge in [-0.25, -0.2) is 4.98 Å². The van der Waals surface area contributed by atoms with Gasteiger partial charge in [0.15, 0.2) is 0 Å². The molecule has 0 fully saturated rings. The lowest BCUT2D eigenvalue weighted by Crippen LogP contribution is -1.96. The molecule has 0 N–H and O–H groups in total. The van der Waals surface area contributed by atoms with E-state index in [1.54, 1.807) is 0 Å². The summed E-state index contributed by atoms with van der Waals surface area (Å²) >= 11 is 0. The second-order valence-electron chi connectivity index (χ2n) is 10.8. The van der Waals surface area contributed by atoms with Crippen LogP contribution >= 0.6 is 0 Å². The normalized spacial score (nSPS) is 11.8. The third-order valence-electron chi connectivity index (χ3n) is 8.50. The standard InChI is InChI=1S/C39H23N3/c1-2-11-24(12-3-1)34-26-14-4-6-16-28(26)36(29-17-7-5-15-27(29)34)38-31-19-9-8-18-30(31)35-32-21-20-25-13-10-22-40-37(25)39(32)41-23-33(35)42-38/h1-23H. The van der Waals surface area contributed by atoms with Gasteiger partial charge in [0.1, 0.15) is 0 Å². The molecule has 194 valence electrons. The molecule has 9 aromatic rings. The molecule has 0 aliphatic heterocycles. The van der Waals surface area contributed by atoms with Gasteiger partial charge in [-0.1, -0.05) is 121 Å². The van der Waals surface area contributed by atoms with Crippen molar-refractivity contribution in [2.24, 2.45) is 0 Å². The zero-order valence-electron chi connectivity index (χ0n) is 22.6. The molecule has 0 saturated heterocycles. The van der Waals surface area contributed by atoms with Crippen LogP contribution in [0.1, 0.15) is 0 Å². The molecule has 42 heavy (non-hydrogen) atoms. The number of hydrogen-bond donors (Lipinski definition) is 0. The Morgan fingerprint density at radius 2 is 1.02 bits per heavy atom. The molecule has 0 atom stereocenters. The van der Waals surface area contributed by atoms with Crippen LogP contribution in [0.4, 0.5) is 0 Å². The van der Waals surface area contributed by atoms with E-state index in [-0.39, 0.29) is 0 Å². The Morgan fingerprint density at radius 3 is 1.74 bits per heavy atom. The molecule has 0 radical (unpaired) electrons. The monoisotopic (exact) mass is 533 g/mol. The predicted molar refractivity (Wildman–Crippen MR) is 176 cm³/mol. The van der Waals surface area contributed by atoms with Crippen LogP contribution in [0.3, 0.4) is 0 Å². The molecule has 3 heteroatoms. The quantitative estimate of drug-likeness (QED) is 0.164. The summed E-state index contributed by atoms with van der Waals surface area (Å²) in [6.07, 6.45) is 3.76. The van der Waals surface area contributed by atoms with E-state index in [9.17, 15) is 0 Å². The van der Waals surface area contributed by atoms with Crippen molar-refractivity contribution in [3.63, 3.8) is 0 Å². The largest absolute Gasteiger partial charge is 0.254 e. The molecular formula is C39H23N3. The van der Waals surface area contributed by atoms with Crippen molar-refractivity contribution in [3.8, 4) is 22.4 Å². The van der Waals surface area contributed by atoms with Crippen molar-refractivity contribution in [2.75, 3.05) is 0 Å². The highest BCUT2D eigenvalue weighted by molar-refractivity contribution is 6.27. The summed E-state index contributed by atoms with van der Waals surface area (Å²) in [6, 6.07) is 45.2. The summed E-state index contributed by atoms with van der Waals surface area (Å²) < 4.78 is 0. The van der Waals surface area contributed by atoms with E-state index >= 15 is 0 Å². The van der Waals surface area contributed by atoms with Crippen LogP contribution in [-0.4, -0.2) is 15.0 Å². The number of hydrogen-bond acceptors (Lipinski definition) is 3. The van der Waals surface area contributed by atoms with Gasteiger partial charge in [0.25, 0.3) is 0 Å². The first-order valence-corrected chi connectivity index (χ1v) is 14.2. The molecule has 9 rings (SSSR count). The summed E-state index contributed by atoms with van der Waals surface area (Å²) in [5, 5.41) is 10.4. The minimum absolute atomic E-state index is 0.881. The molecule has 0 aliphatic carbocycles. The van der Waals surface area contributed by atoms with Crippen LogP contribution in [0.15, 0.2) is 140 Å². The molecule has 0 bridgehead atoms. The maximum atomic E-state index is 5.42. The fraction of sp³-hybridized carbons (Fsp3) is 0. The maximum Gasteiger partial charge on any atom is 0.0972 e. The average molecular weight is 534 g/mol. The van der Waals surface area contributed by atoms with E-state index in [0.717, 1.165) is 49.4 Å². The van der Waals surface area contributed by atoms with Crippen LogP contribution in [0, 0.1) is 0 Å². The van der Waals surface area contributed by atoms with Gasteiger partial charge in [-0.05, 0) is 44.1 Å². The summed E-state index contributed by atoms with van der Waals surface area (Å²) in [6.45, 7) is 0. The van der Waals surface area contributed by atoms with Crippen molar-refractivity contribution in [3.05, 3.63) is 140 Å². The zero-order chi connectivity index (χ0) is 27.6. The van der Waals surface area contributed by atoms with E-state index in [4.69, 9.17) is 9.97 Å². The van der Waals surface area contributed by atoms with Crippen LogP contribution in [0.2, 0.25) is 0 Å². The van der Waals surface area contributed by atoms with Gasteiger partial charge < -0.3 is 0 Å². The Balaban J connectivity index is 1.46. The minimum Gasteiger partial charge on any atom is -0.254 e. The second-order valence-corrected chi connectivity index (χ2v) is 10.8. The highest BCUT2D eigenvalue weighted by Gasteiger charge is 2.20. The van der Waals surface area contributed by atoms with E-state index in [0.29, 0.717) is 0 Å². The molecule has 3 heterocycles. The molecule has 0 amide bonds. The number of pyridine rings is 3. The van der Waals surface area contributed by atoms with Gasteiger partial charge >= 0.3 is 0 Å². The zero-order valence-corrected chi connectivity index (χ0v) is 22.6. The van der Waals surface area contributed by atoms with Crippen molar-refractivity contribution in [1.29, 1.82) is 0 Å². The minimum atomic E-state index is 0.881. The first-order valence-electron chi connectivity index (χ1n) is 14.2. The van der Waals surface area contributed by atoms with Crippen molar-refractivity contribution in [1.82, 2.24) is 15.0 Å². The molecule has 6 aromatic carbocycles. The maximum absolute atomic E-state index is 5.42. The van der Waals surface area contributed by atoms with E-state index in [1.165, 1.54) is 38.1 Å². The number of aromatic nitrogens is 3. The van der Waals surface area contributed by atoms with Crippen molar-refractivity contribution in [2.45, 2.75) is 0 Å². The van der Waals surface area contributed by atoms with Crippen molar-refractivity contribution >= 4 is 65.0 Å². The predicted octanol–water partition coefficient (Wildman–Crippen LogP) is 10.1. The van der Waals surface area contributed by atoms with Crippen LogP contribution < -0.4 is 0 Å². The Labute approximate surface area is 241 Å². The smallest absolute Gasteiger partial charge is 0.0972 e. The number of nitrogens with zero attached hydrogens (tertiary/aromatic N) is 3. The van der Waals surface area contributed by atoms with Gasteiger partial charge in [-0.15, -0.1) is 0 Å². The number of fused-ring (bicyclic) bond motifs is 9. The van der Waals surface area contributed by atoms with Crippen LogP contribution in [-0.2, 0) is 0 Å². The highest BCUT2D eigenvalue weighted by atomic mass is 14.8.